The van der Waals surface area contributed by atoms with Crippen LogP contribution in [0.2, 0.25) is 0 Å². The number of hydrogen-bond donors (Lipinski definition) is 0. The molecule has 0 saturated heterocycles. The zero-order valence-electron chi connectivity index (χ0n) is 11.2. The molecular formula is C12H28N2Ti-4. The Kier molecular flexibility index (Phi) is 24.1. The van der Waals surface area contributed by atoms with Crippen molar-refractivity contribution >= 4 is 0 Å². The molecule has 0 atom stereocenters. The zero-order chi connectivity index (χ0) is 8.10. The van der Waals surface area contributed by atoms with Crippen molar-refractivity contribution in [3.05, 3.63) is 27.7 Å². The molecule has 94 valence electrons. The van der Waals surface area contributed by atoms with E-state index >= 15 is 0 Å². The van der Waals surface area contributed by atoms with E-state index < -0.39 is 0 Å². The van der Waals surface area contributed by atoms with Gasteiger partial charge in [-0.05, 0) is 25.9 Å². The number of nitrogens with zero attached hydrogens (tertiary/aromatic N) is 2. The molecule has 1 fully saturated rings. The number of hydrogen-bond acceptors (Lipinski definition) is 1. The van der Waals surface area contributed by atoms with Gasteiger partial charge in [0.2, 0.25) is 0 Å². The Bertz CT molecular complexity index is 104. The van der Waals surface area contributed by atoms with Gasteiger partial charge in [-0.15, -0.1) is 0 Å². The van der Waals surface area contributed by atoms with Crippen molar-refractivity contribution in [2.45, 2.75) is 32.1 Å². The second-order valence-electron chi connectivity index (χ2n) is 3.52. The van der Waals surface area contributed by atoms with Gasteiger partial charge in [0.1, 0.15) is 0 Å². The number of rotatable bonds is 4. The van der Waals surface area contributed by atoms with Crippen LogP contribution in [0.5, 0.6) is 0 Å². The van der Waals surface area contributed by atoms with Crippen LogP contribution in [0.15, 0.2) is 0 Å². The average Bonchev–Trinajstić information content (AvgIpc) is 2.52. The smallest absolute Gasteiger partial charge is 0 e. The SMILES string of the molecule is C[N-]N(C)CCC1CCCC1.[CH3-].[CH3-].[CH3-].[Ti]. The van der Waals surface area contributed by atoms with Gasteiger partial charge in [-0.25, -0.2) is 0 Å². The Hall–Kier alpha value is 0.634. The first-order valence-corrected chi connectivity index (χ1v) is 4.64. The standard InChI is InChI=1S/C9H19N2.3CH3.Ti/c1-10-11(2)8-7-9-5-3-4-6-9;;;;/h9H,3-8H2,1-2H3;3*1H3;/q4*-1;. The summed E-state index contributed by atoms with van der Waals surface area (Å²) in [5, 5.41) is 2.04. The molecule has 0 aliphatic heterocycles. The van der Waals surface area contributed by atoms with Crippen LogP contribution in [0, 0.1) is 28.2 Å². The fourth-order valence-corrected chi connectivity index (χ4v) is 1.77. The van der Waals surface area contributed by atoms with Crippen LogP contribution in [-0.2, 0) is 21.7 Å². The van der Waals surface area contributed by atoms with E-state index in [1.807, 2.05) is 12.1 Å². The summed E-state index contributed by atoms with van der Waals surface area (Å²) in [7, 11) is 3.91. The van der Waals surface area contributed by atoms with Crippen LogP contribution in [-0.4, -0.2) is 25.6 Å². The molecule has 0 heterocycles. The van der Waals surface area contributed by atoms with Crippen LogP contribution in [0.4, 0.5) is 0 Å². The van der Waals surface area contributed by atoms with Crippen LogP contribution in [0.25, 0.3) is 5.43 Å². The molecular weight excluding hydrogens is 220 g/mol. The van der Waals surface area contributed by atoms with Gasteiger partial charge in [-0.2, -0.15) is 7.05 Å². The van der Waals surface area contributed by atoms with Gasteiger partial charge >= 0.3 is 0 Å². The zero-order valence-corrected chi connectivity index (χ0v) is 12.8. The van der Waals surface area contributed by atoms with E-state index in [1.165, 1.54) is 32.1 Å². The van der Waals surface area contributed by atoms with Crippen molar-refractivity contribution in [2.24, 2.45) is 5.92 Å². The summed E-state index contributed by atoms with van der Waals surface area (Å²) in [5.74, 6) is 0.999. The summed E-state index contributed by atoms with van der Waals surface area (Å²) < 4.78 is 0. The third-order valence-electron chi connectivity index (χ3n) is 2.68. The van der Waals surface area contributed by atoms with Crippen molar-refractivity contribution in [3.63, 3.8) is 0 Å². The predicted molar refractivity (Wildman–Crippen MR) is 67.7 cm³/mol. The third kappa shape index (κ3) is 10.9. The predicted octanol–water partition coefficient (Wildman–Crippen LogP) is 3.77. The van der Waals surface area contributed by atoms with Crippen LogP contribution in [0.1, 0.15) is 32.1 Å². The van der Waals surface area contributed by atoms with Crippen molar-refractivity contribution in [2.75, 3.05) is 20.6 Å². The molecule has 0 aromatic heterocycles. The Morgan fingerprint density at radius 2 is 1.60 bits per heavy atom. The Morgan fingerprint density at radius 1 is 1.13 bits per heavy atom. The molecule has 0 radical (unpaired) electrons. The molecule has 1 saturated carbocycles. The van der Waals surface area contributed by atoms with Crippen molar-refractivity contribution in [1.82, 2.24) is 5.01 Å². The van der Waals surface area contributed by atoms with Crippen LogP contribution < -0.4 is 0 Å². The van der Waals surface area contributed by atoms with Gasteiger partial charge in [0.05, 0.1) is 0 Å². The van der Waals surface area contributed by atoms with E-state index in [0.717, 1.165) is 12.5 Å². The van der Waals surface area contributed by atoms with Gasteiger partial charge < -0.3 is 32.7 Å². The molecule has 0 aromatic rings. The normalized spacial score (nSPS) is 14.6. The van der Waals surface area contributed by atoms with E-state index in [4.69, 9.17) is 0 Å². The van der Waals surface area contributed by atoms with E-state index in [9.17, 15) is 0 Å². The molecule has 1 aliphatic carbocycles. The summed E-state index contributed by atoms with van der Waals surface area (Å²) >= 11 is 0. The van der Waals surface area contributed by atoms with Crippen molar-refractivity contribution < 1.29 is 21.7 Å². The molecule has 0 aromatic carbocycles. The molecule has 1 rings (SSSR count). The first-order valence-electron chi connectivity index (χ1n) is 4.64. The Morgan fingerprint density at radius 3 is 2.00 bits per heavy atom. The van der Waals surface area contributed by atoms with Gasteiger partial charge in [0, 0.05) is 21.7 Å². The maximum absolute atomic E-state index is 4.08. The first kappa shape index (κ1) is 24.7. The molecule has 0 spiro atoms. The minimum Gasteiger partial charge on any atom is -0.597 e. The average molecular weight is 248 g/mol. The minimum atomic E-state index is 0. The molecule has 1 aliphatic rings. The molecule has 0 bridgehead atoms. The minimum absolute atomic E-state index is 0. The van der Waals surface area contributed by atoms with E-state index in [1.54, 1.807) is 0 Å². The van der Waals surface area contributed by atoms with Crippen molar-refractivity contribution in [3.8, 4) is 0 Å². The second-order valence-corrected chi connectivity index (χ2v) is 3.52. The Balaban J connectivity index is -0.000000151. The fraction of sp³-hybridized carbons (Fsp3) is 0.750. The Labute approximate surface area is 113 Å². The van der Waals surface area contributed by atoms with Gasteiger partial charge in [-0.3, -0.25) is 0 Å². The summed E-state index contributed by atoms with van der Waals surface area (Å²) in [4.78, 5) is 0. The quantitative estimate of drug-likeness (QED) is 0.420. The molecule has 15 heavy (non-hydrogen) atoms. The van der Waals surface area contributed by atoms with Crippen LogP contribution >= 0.6 is 0 Å². The largest absolute Gasteiger partial charge is 0.597 e. The summed E-state index contributed by atoms with van der Waals surface area (Å²) in [6.45, 7) is 1.14. The van der Waals surface area contributed by atoms with E-state index in [-0.39, 0.29) is 44.0 Å². The van der Waals surface area contributed by atoms with E-state index in [0.29, 0.717) is 0 Å². The summed E-state index contributed by atoms with van der Waals surface area (Å²) in [6.07, 6.45) is 7.16. The molecule has 2 nitrogen and oxygen atoms in total. The van der Waals surface area contributed by atoms with Gasteiger partial charge in [0.15, 0.2) is 0 Å². The molecule has 3 heteroatoms. The summed E-state index contributed by atoms with van der Waals surface area (Å²) in [5.41, 5.74) is 4.08. The molecule has 0 N–H and O–H groups in total. The third-order valence-corrected chi connectivity index (χ3v) is 2.68. The molecule has 0 amide bonds. The van der Waals surface area contributed by atoms with Gasteiger partial charge in [-0.1, -0.05) is 25.7 Å². The van der Waals surface area contributed by atoms with E-state index in [2.05, 4.69) is 12.5 Å². The maximum Gasteiger partial charge on any atom is 0 e. The van der Waals surface area contributed by atoms with Gasteiger partial charge in [0.25, 0.3) is 0 Å². The molecule has 0 unspecified atom stereocenters. The topological polar surface area (TPSA) is 17.3 Å². The summed E-state index contributed by atoms with van der Waals surface area (Å²) in [6, 6.07) is 0. The second kappa shape index (κ2) is 14.6. The van der Waals surface area contributed by atoms with Crippen LogP contribution in [0.3, 0.4) is 0 Å². The first-order chi connectivity index (χ1) is 5.33. The van der Waals surface area contributed by atoms with Crippen molar-refractivity contribution in [1.29, 1.82) is 0 Å². The maximum atomic E-state index is 4.08. The monoisotopic (exact) mass is 248 g/mol. The fourth-order valence-electron chi connectivity index (χ4n) is 1.77.